The van der Waals surface area contributed by atoms with E-state index < -0.39 is 17.7 Å². The molecule has 3 aromatic rings. The lowest BCUT2D eigenvalue weighted by atomic mass is 9.90. The number of Topliss-reactive ketones (excluding diaryl/α,β-unsaturated/α-hetero) is 1. The number of carbonyl (C=O) groups excluding carboxylic acids is 2. The summed E-state index contributed by atoms with van der Waals surface area (Å²) in [6.07, 6.45) is 7.72. The van der Waals surface area contributed by atoms with Gasteiger partial charge in [-0.3, -0.25) is 9.59 Å². The Hall–Kier alpha value is -3.54. The van der Waals surface area contributed by atoms with E-state index in [1.165, 1.54) is 0 Å². The molecule has 1 aliphatic carbocycles. The summed E-state index contributed by atoms with van der Waals surface area (Å²) in [4.78, 5) is 31.9. The molecule has 35 heavy (non-hydrogen) atoms. The average molecular weight is 473 g/mol. The van der Waals surface area contributed by atoms with Gasteiger partial charge in [0.05, 0.1) is 18.2 Å². The summed E-state index contributed by atoms with van der Waals surface area (Å²) >= 11 is 0. The molecule has 2 aromatic carbocycles. The molecule has 1 aliphatic heterocycles. The molecule has 6 nitrogen and oxygen atoms in total. The zero-order valence-electron chi connectivity index (χ0n) is 20.3. The van der Waals surface area contributed by atoms with Crippen LogP contribution in [0.15, 0.2) is 54.2 Å². The summed E-state index contributed by atoms with van der Waals surface area (Å²) in [7, 11) is 0. The highest BCUT2D eigenvalue weighted by atomic mass is 16.5. The number of nitrogens with one attached hydrogen (secondary N) is 1. The van der Waals surface area contributed by atoms with Gasteiger partial charge in [-0.25, -0.2) is 0 Å². The van der Waals surface area contributed by atoms with E-state index in [9.17, 15) is 14.7 Å². The van der Waals surface area contributed by atoms with E-state index in [2.05, 4.69) is 4.98 Å². The Bertz CT molecular complexity index is 1300. The van der Waals surface area contributed by atoms with Crippen LogP contribution in [0.2, 0.25) is 0 Å². The number of aliphatic hydroxyl groups is 1. The van der Waals surface area contributed by atoms with Crippen molar-refractivity contribution in [1.29, 1.82) is 0 Å². The first-order valence-corrected chi connectivity index (χ1v) is 12.6. The molecular formula is C29H32N2O4. The second-order valence-corrected chi connectivity index (χ2v) is 9.62. The molecule has 1 saturated carbocycles. The molecule has 0 spiro atoms. The molecular weight excluding hydrogens is 440 g/mol. The summed E-state index contributed by atoms with van der Waals surface area (Å²) in [6.45, 7) is 4.57. The van der Waals surface area contributed by atoms with Crippen molar-refractivity contribution in [3.63, 3.8) is 0 Å². The number of aromatic nitrogens is 1. The van der Waals surface area contributed by atoms with Crippen molar-refractivity contribution in [3.8, 4) is 5.75 Å². The number of aryl methyl sites for hydroxylation is 1. The summed E-state index contributed by atoms with van der Waals surface area (Å²) in [5.74, 6) is -0.526. The van der Waals surface area contributed by atoms with Crippen molar-refractivity contribution in [1.82, 2.24) is 9.88 Å². The van der Waals surface area contributed by atoms with Crippen molar-refractivity contribution < 1.29 is 19.4 Å². The van der Waals surface area contributed by atoms with Gasteiger partial charge in [0.1, 0.15) is 11.5 Å². The van der Waals surface area contributed by atoms with Gasteiger partial charge in [-0.2, -0.15) is 0 Å². The number of ketones is 1. The van der Waals surface area contributed by atoms with E-state index in [0.717, 1.165) is 66.3 Å². The molecule has 1 unspecified atom stereocenters. The molecule has 6 heteroatoms. The van der Waals surface area contributed by atoms with Gasteiger partial charge >= 0.3 is 0 Å². The number of para-hydroxylation sites is 1. The van der Waals surface area contributed by atoms with Crippen LogP contribution in [0.25, 0.3) is 16.7 Å². The summed E-state index contributed by atoms with van der Waals surface area (Å²) in [5, 5.41) is 12.4. The number of rotatable bonds is 6. The predicted molar refractivity (Wildman–Crippen MR) is 136 cm³/mol. The van der Waals surface area contributed by atoms with Gasteiger partial charge in [0.15, 0.2) is 0 Å². The van der Waals surface area contributed by atoms with Gasteiger partial charge in [0.2, 0.25) is 0 Å². The Balaban J connectivity index is 1.65. The third-order valence-electron chi connectivity index (χ3n) is 7.27. The van der Waals surface area contributed by atoms with Crippen LogP contribution in [0, 0.1) is 6.92 Å². The van der Waals surface area contributed by atoms with E-state index >= 15 is 0 Å². The van der Waals surface area contributed by atoms with Gasteiger partial charge in [0.25, 0.3) is 11.7 Å². The van der Waals surface area contributed by atoms with Crippen LogP contribution < -0.4 is 4.74 Å². The Morgan fingerprint density at radius 3 is 2.63 bits per heavy atom. The first-order chi connectivity index (χ1) is 17.0. The third kappa shape index (κ3) is 4.11. The zero-order chi connectivity index (χ0) is 24.5. The fourth-order valence-corrected chi connectivity index (χ4v) is 5.54. The van der Waals surface area contributed by atoms with Crippen LogP contribution in [-0.4, -0.2) is 39.3 Å². The number of aromatic amines is 1. The standard InChI is InChI=1S/C29H32N2O4/c1-3-15-35-24-14-13-19(16-18(24)2)27(32)25-26(22-17-30-23-12-8-7-11-21(22)23)31(29(34)28(25)33)20-9-5-4-6-10-20/h7-8,11-14,16-17,20,26,30,32H,3-6,9-10,15H2,1-2H3/b27-25+. The van der Waals surface area contributed by atoms with Gasteiger partial charge in [-0.05, 0) is 56.0 Å². The normalized spacial score (nSPS) is 20.6. The maximum atomic E-state index is 13.5. The molecule has 1 saturated heterocycles. The molecule has 5 rings (SSSR count). The highest BCUT2D eigenvalue weighted by molar-refractivity contribution is 6.46. The van der Waals surface area contributed by atoms with Crippen LogP contribution in [0.5, 0.6) is 5.75 Å². The molecule has 1 aromatic heterocycles. The number of hydrogen-bond acceptors (Lipinski definition) is 4. The quantitative estimate of drug-likeness (QED) is 0.261. The second-order valence-electron chi connectivity index (χ2n) is 9.62. The topological polar surface area (TPSA) is 82.6 Å². The third-order valence-corrected chi connectivity index (χ3v) is 7.27. The predicted octanol–water partition coefficient (Wildman–Crippen LogP) is 6.02. The molecule has 2 heterocycles. The van der Waals surface area contributed by atoms with Gasteiger partial charge in [-0.1, -0.05) is 44.4 Å². The highest BCUT2D eigenvalue weighted by Gasteiger charge is 2.49. The van der Waals surface area contributed by atoms with E-state index in [1.807, 2.05) is 56.4 Å². The second kappa shape index (κ2) is 9.61. The van der Waals surface area contributed by atoms with Crippen molar-refractivity contribution in [2.45, 2.75) is 64.5 Å². The number of carbonyl (C=O) groups is 2. The fraction of sp³-hybridized carbons (Fsp3) is 0.379. The van der Waals surface area contributed by atoms with E-state index in [0.29, 0.717) is 12.2 Å². The molecule has 0 bridgehead atoms. The molecule has 182 valence electrons. The minimum absolute atomic E-state index is 0.0179. The number of hydrogen-bond donors (Lipinski definition) is 2. The number of nitrogens with zero attached hydrogens (tertiary/aromatic N) is 1. The van der Waals surface area contributed by atoms with Crippen molar-refractivity contribution in [2.24, 2.45) is 0 Å². The van der Waals surface area contributed by atoms with Gasteiger partial charge in [-0.15, -0.1) is 0 Å². The number of benzene rings is 2. The monoisotopic (exact) mass is 472 g/mol. The first-order valence-electron chi connectivity index (χ1n) is 12.6. The molecule has 2 N–H and O–H groups in total. The maximum absolute atomic E-state index is 13.5. The molecule has 2 fully saturated rings. The summed E-state index contributed by atoms with van der Waals surface area (Å²) in [6, 6.07) is 12.6. The minimum Gasteiger partial charge on any atom is -0.507 e. The van der Waals surface area contributed by atoms with E-state index in [1.54, 1.807) is 11.0 Å². The summed E-state index contributed by atoms with van der Waals surface area (Å²) in [5.41, 5.74) is 3.31. The smallest absolute Gasteiger partial charge is 0.295 e. The van der Waals surface area contributed by atoms with Crippen molar-refractivity contribution in [2.75, 3.05) is 6.61 Å². The van der Waals surface area contributed by atoms with E-state index in [4.69, 9.17) is 4.74 Å². The number of H-pyrrole nitrogens is 1. The van der Waals surface area contributed by atoms with Crippen molar-refractivity contribution >= 4 is 28.4 Å². The van der Waals surface area contributed by atoms with Crippen LogP contribution in [0.1, 0.15) is 68.2 Å². The maximum Gasteiger partial charge on any atom is 0.295 e. The molecule has 0 radical (unpaired) electrons. The van der Waals surface area contributed by atoms with E-state index in [-0.39, 0.29) is 17.4 Å². The number of likely N-dealkylation sites (tertiary alicyclic amines) is 1. The fourth-order valence-electron chi connectivity index (χ4n) is 5.54. The number of amides is 1. The Morgan fingerprint density at radius 2 is 1.89 bits per heavy atom. The average Bonchev–Trinajstić information content (AvgIpc) is 3.42. The lowest BCUT2D eigenvalue weighted by molar-refractivity contribution is -0.141. The van der Waals surface area contributed by atoms with Crippen LogP contribution >= 0.6 is 0 Å². The van der Waals surface area contributed by atoms with Crippen LogP contribution in [-0.2, 0) is 9.59 Å². The van der Waals surface area contributed by atoms with Crippen molar-refractivity contribution in [3.05, 3.63) is 70.9 Å². The lowest BCUT2D eigenvalue weighted by Crippen LogP contribution is -2.40. The number of ether oxygens (including phenoxy) is 1. The Labute approximate surface area is 205 Å². The first kappa shape index (κ1) is 23.2. The SMILES string of the molecule is CCCOc1ccc(/C(O)=C2\C(=O)C(=O)N(C3CCCCC3)C2c2c[nH]c3ccccc23)cc1C. The zero-order valence-corrected chi connectivity index (χ0v) is 20.3. The number of fused-ring (bicyclic) bond motifs is 1. The lowest BCUT2D eigenvalue weighted by Gasteiger charge is -2.35. The highest BCUT2D eigenvalue weighted by Crippen LogP contribution is 2.45. The Morgan fingerprint density at radius 1 is 1.11 bits per heavy atom. The molecule has 1 atom stereocenters. The summed E-state index contributed by atoms with van der Waals surface area (Å²) < 4.78 is 5.78. The van der Waals surface area contributed by atoms with Crippen LogP contribution in [0.4, 0.5) is 0 Å². The molecule has 2 aliphatic rings. The molecule has 1 amide bonds. The van der Waals surface area contributed by atoms with Gasteiger partial charge in [0, 0.05) is 34.3 Å². The van der Waals surface area contributed by atoms with Gasteiger partial charge < -0.3 is 19.7 Å². The minimum atomic E-state index is -0.634. The van der Waals surface area contributed by atoms with Crippen LogP contribution in [0.3, 0.4) is 0 Å². The Kier molecular flexibility index (Phi) is 6.37. The number of aliphatic hydroxyl groups excluding tert-OH is 1. The largest absolute Gasteiger partial charge is 0.507 e.